The molecule has 3 heteroatoms. The summed E-state index contributed by atoms with van der Waals surface area (Å²) in [4.78, 5) is 28.2. The topological polar surface area (TPSA) is 34.1 Å². The van der Waals surface area contributed by atoms with E-state index in [1.54, 1.807) is 17.8 Å². The molecular formula is C24H14O2S. The van der Waals surface area contributed by atoms with Gasteiger partial charge in [0.1, 0.15) is 0 Å². The SMILES string of the molecule is O=C1c2ccc(Sc3ccccc3)cc2C(=O)c2cc3ccccc3cc21. The second-order valence-electron chi connectivity index (χ2n) is 6.53. The van der Waals surface area contributed by atoms with E-state index in [0.29, 0.717) is 22.3 Å². The second kappa shape index (κ2) is 6.22. The summed E-state index contributed by atoms with van der Waals surface area (Å²) < 4.78 is 0. The number of rotatable bonds is 2. The lowest BCUT2D eigenvalue weighted by Crippen LogP contribution is -2.20. The van der Waals surface area contributed by atoms with E-state index in [9.17, 15) is 9.59 Å². The zero-order chi connectivity index (χ0) is 18.4. The molecule has 0 bridgehead atoms. The zero-order valence-electron chi connectivity index (χ0n) is 14.3. The number of carbonyl (C=O) groups is 2. The first-order chi connectivity index (χ1) is 13.2. The fourth-order valence-electron chi connectivity index (χ4n) is 3.50. The van der Waals surface area contributed by atoms with Gasteiger partial charge in [0, 0.05) is 32.0 Å². The van der Waals surface area contributed by atoms with Crippen LogP contribution in [0.3, 0.4) is 0 Å². The van der Waals surface area contributed by atoms with Crippen LogP contribution in [0.2, 0.25) is 0 Å². The Morgan fingerprint density at radius 3 is 1.70 bits per heavy atom. The molecule has 4 aromatic carbocycles. The van der Waals surface area contributed by atoms with Crippen LogP contribution < -0.4 is 0 Å². The van der Waals surface area contributed by atoms with Gasteiger partial charge in [-0.2, -0.15) is 0 Å². The molecule has 0 amide bonds. The largest absolute Gasteiger partial charge is 0.289 e. The first-order valence-corrected chi connectivity index (χ1v) is 9.51. The van der Waals surface area contributed by atoms with Crippen molar-refractivity contribution in [3.63, 3.8) is 0 Å². The van der Waals surface area contributed by atoms with Crippen molar-refractivity contribution in [1.82, 2.24) is 0 Å². The summed E-state index contributed by atoms with van der Waals surface area (Å²) in [6.07, 6.45) is 0. The third-order valence-electron chi connectivity index (χ3n) is 4.83. The molecule has 0 atom stereocenters. The molecule has 27 heavy (non-hydrogen) atoms. The van der Waals surface area contributed by atoms with Crippen molar-refractivity contribution in [1.29, 1.82) is 0 Å². The molecule has 0 unspecified atom stereocenters. The van der Waals surface area contributed by atoms with E-state index < -0.39 is 0 Å². The molecule has 0 fully saturated rings. The van der Waals surface area contributed by atoms with Crippen molar-refractivity contribution < 1.29 is 9.59 Å². The van der Waals surface area contributed by atoms with Crippen molar-refractivity contribution in [3.8, 4) is 0 Å². The highest BCUT2D eigenvalue weighted by Crippen LogP contribution is 2.34. The van der Waals surface area contributed by atoms with Gasteiger partial charge < -0.3 is 0 Å². The summed E-state index contributed by atoms with van der Waals surface area (Å²) in [6, 6.07) is 27.0. The lowest BCUT2D eigenvalue weighted by molar-refractivity contribution is 0.0979. The van der Waals surface area contributed by atoms with Gasteiger partial charge in [0.05, 0.1) is 0 Å². The lowest BCUT2D eigenvalue weighted by Gasteiger charge is -2.19. The molecule has 1 aliphatic rings. The van der Waals surface area contributed by atoms with Gasteiger partial charge in [-0.25, -0.2) is 0 Å². The van der Waals surface area contributed by atoms with Crippen LogP contribution in [-0.4, -0.2) is 11.6 Å². The van der Waals surface area contributed by atoms with Gasteiger partial charge in [-0.15, -0.1) is 0 Å². The van der Waals surface area contributed by atoms with Crippen LogP contribution in [0.15, 0.2) is 94.7 Å². The second-order valence-corrected chi connectivity index (χ2v) is 7.67. The Kier molecular flexibility index (Phi) is 3.69. The Hall–Kier alpha value is -3.17. The van der Waals surface area contributed by atoms with Gasteiger partial charge in [-0.3, -0.25) is 9.59 Å². The van der Waals surface area contributed by atoms with Crippen molar-refractivity contribution in [2.24, 2.45) is 0 Å². The summed E-state index contributed by atoms with van der Waals surface area (Å²) in [5.41, 5.74) is 1.96. The van der Waals surface area contributed by atoms with E-state index in [2.05, 4.69) is 0 Å². The van der Waals surface area contributed by atoms with Crippen LogP contribution in [0.25, 0.3) is 10.8 Å². The molecule has 2 nitrogen and oxygen atoms in total. The number of benzene rings is 4. The minimum atomic E-state index is -0.0825. The van der Waals surface area contributed by atoms with E-state index in [1.807, 2.05) is 78.9 Å². The summed E-state index contributed by atoms with van der Waals surface area (Å²) in [5, 5.41) is 1.94. The van der Waals surface area contributed by atoms with Crippen molar-refractivity contribution in [3.05, 3.63) is 107 Å². The van der Waals surface area contributed by atoms with Gasteiger partial charge in [0.15, 0.2) is 11.6 Å². The zero-order valence-corrected chi connectivity index (χ0v) is 15.1. The highest BCUT2D eigenvalue weighted by molar-refractivity contribution is 7.99. The van der Waals surface area contributed by atoms with Crippen molar-refractivity contribution >= 4 is 34.1 Å². The lowest BCUT2D eigenvalue weighted by atomic mass is 9.83. The summed E-state index contributed by atoms with van der Waals surface area (Å²) in [6.45, 7) is 0. The molecule has 0 aliphatic heterocycles. The molecule has 5 rings (SSSR count). The molecule has 0 radical (unpaired) electrons. The molecule has 4 aromatic rings. The molecule has 0 saturated carbocycles. The van der Waals surface area contributed by atoms with Crippen LogP contribution in [0.4, 0.5) is 0 Å². The fourth-order valence-corrected chi connectivity index (χ4v) is 4.38. The van der Waals surface area contributed by atoms with E-state index in [4.69, 9.17) is 0 Å². The Morgan fingerprint density at radius 1 is 0.481 bits per heavy atom. The minimum Gasteiger partial charge on any atom is -0.289 e. The van der Waals surface area contributed by atoms with Gasteiger partial charge in [-0.05, 0) is 53.2 Å². The fraction of sp³-hybridized carbons (Fsp3) is 0. The summed E-state index contributed by atoms with van der Waals surface area (Å²) in [7, 11) is 0. The molecule has 128 valence electrons. The maximum atomic E-state index is 13.1. The quantitative estimate of drug-likeness (QED) is 0.398. The van der Waals surface area contributed by atoms with Crippen LogP contribution in [0, 0.1) is 0 Å². The van der Waals surface area contributed by atoms with E-state index >= 15 is 0 Å². The molecule has 0 spiro atoms. The highest BCUT2D eigenvalue weighted by atomic mass is 32.2. The maximum absolute atomic E-state index is 13.1. The molecule has 1 aliphatic carbocycles. The molecule has 0 aromatic heterocycles. The first kappa shape index (κ1) is 16.0. The minimum absolute atomic E-state index is 0.0818. The average Bonchev–Trinajstić information content (AvgIpc) is 2.72. The monoisotopic (exact) mass is 366 g/mol. The number of hydrogen-bond acceptors (Lipinski definition) is 3. The third kappa shape index (κ3) is 2.68. The first-order valence-electron chi connectivity index (χ1n) is 8.70. The molecule has 0 saturated heterocycles. The van der Waals surface area contributed by atoms with E-state index in [0.717, 1.165) is 20.6 Å². The number of fused-ring (bicyclic) bond motifs is 3. The van der Waals surface area contributed by atoms with Crippen molar-refractivity contribution in [2.45, 2.75) is 9.79 Å². The summed E-state index contributed by atoms with van der Waals surface area (Å²) >= 11 is 1.58. The van der Waals surface area contributed by atoms with Crippen LogP contribution in [0.5, 0.6) is 0 Å². The van der Waals surface area contributed by atoms with Gasteiger partial charge >= 0.3 is 0 Å². The Bertz CT molecular complexity index is 1230. The Labute approximate surface area is 160 Å². The summed E-state index contributed by atoms with van der Waals surface area (Å²) in [5.74, 6) is -0.164. The number of carbonyl (C=O) groups excluding carboxylic acids is 2. The van der Waals surface area contributed by atoms with Crippen LogP contribution >= 0.6 is 11.8 Å². The molecular weight excluding hydrogens is 352 g/mol. The Balaban J connectivity index is 1.62. The third-order valence-corrected chi connectivity index (χ3v) is 5.83. The maximum Gasteiger partial charge on any atom is 0.194 e. The smallest absolute Gasteiger partial charge is 0.194 e. The predicted octanol–water partition coefficient (Wildman–Crippen LogP) is 5.77. The van der Waals surface area contributed by atoms with E-state index in [1.165, 1.54) is 0 Å². The highest BCUT2D eigenvalue weighted by Gasteiger charge is 2.30. The van der Waals surface area contributed by atoms with Crippen molar-refractivity contribution in [2.75, 3.05) is 0 Å². The standard InChI is InChI=1S/C24H14O2S/c25-23-19-11-10-18(27-17-8-2-1-3-9-17)14-22(19)24(26)21-13-16-7-5-4-6-15(16)12-20(21)23/h1-14H. The van der Waals surface area contributed by atoms with Gasteiger partial charge in [-0.1, -0.05) is 54.2 Å². The predicted molar refractivity (Wildman–Crippen MR) is 108 cm³/mol. The molecule has 0 N–H and O–H groups in total. The average molecular weight is 366 g/mol. The van der Waals surface area contributed by atoms with Crippen LogP contribution in [0.1, 0.15) is 31.8 Å². The normalized spacial score (nSPS) is 12.7. The number of ketones is 2. The van der Waals surface area contributed by atoms with E-state index in [-0.39, 0.29) is 11.6 Å². The van der Waals surface area contributed by atoms with Crippen LogP contribution in [-0.2, 0) is 0 Å². The Morgan fingerprint density at radius 2 is 1.04 bits per heavy atom. The van der Waals surface area contributed by atoms with Gasteiger partial charge in [0.25, 0.3) is 0 Å². The van der Waals surface area contributed by atoms with Gasteiger partial charge in [0.2, 0.25) is 0 Å². The number of hydrogen-bond donors (Lipinski definition) is 0. The molecule has 0 heterocycles.